The van der Waals surface area contributed by atoms with Gasteiger partial charge in [0.05, 0.1) is 11.9 Å². The molecule has 0 saturated carbocycles. The third kappa shape index (κ3) is 7.67. The number of amides is 2. The van der Waals surface area contributed by atoms with E-state index in [0.29, 0.717) is 25.2 Å². The first kappa shape index (κ1) is 25.4. The molecule has 0 bridgehead atoms. The number of hydrogen-bond donors (Lipinski definition) is 1. The molecule has 1 atom stereocenters. The van der Waals surface area contributed by atoms with Crippen molar-refractivity contribution in [2.45, 2.75) is 39.2 Å². The van der Waals surface area contributed by atoms with Crippen LogP contribution in [0.5, 0.6) is 0 Å². The molecule has 2 aromatic rings. The average molecular weight is 460 g/mol. The van der Waals surface area contributed by atoms with Crippen LogP contribution in [0, 0.1) is 0 Å². The lowest BCUT2D eigenvalue weighted by Gasteiger charge is -2.31. The van der Waals surface area contributed by atoms with Crippen molar-refractivity contribution in [1.82, 2.24) is 10.2 Å². The lowest BCUT2D eigenvalue weighted by Crippen LogP contribution is -2.52. The van der Waals surface area contributed by atoms with Gasteiger partial charge in [0.15, 0.2) is 0 Å². The molecular formula is C24H33N3O4S. The van der Waals surface area contributed by atoms with Gasteiger partial charge in [0.2, 0.25) is 21.8 Å². The SMILES string of the molecule is CCCCNC(=O)[C@H](C)N(CCc1ccccc1)C(=O)CN(c1ccccc1)S(C)(=O)=O. The van der Waals surface area contributed by atoms with Crippen LogP contribution in [0.3, 0.4) is 0 Å². The Bertz CT molecular complexity index is 965. The van der Waals surface area contributed by atoms with E-state index >= 15 is 0 Å². The first-order valence-electron chi connectivity index (χ1n) is 10.9. The smallest absolute Gasteiger partial charge is 0.244 e. The number of carbonyl (C=O) groups is 2. The molecule has 0 unspecified atom stereocenters. The summed E-state index contributed by atoms with van der Waals surface area (Å²) in [7, 11) is -3.69. The zero-order chi connectivity index (χ0) is 23.6. The van der Waals surface area contributed by atoms with E-state index in [2.05, 4.69) is 5.32 Å². The van der Waals surface area contributed by atoms with E-state index in [4.69, 9.17) is 0 Å². The second-order valence-corrected chi connectivity index (χ2v) is 9.66. The summed E-state index contributed by atoms with van der Waals surface area (Å²) >= 11 is 0. The monoisotopic (exact) mass is 459 g/mol. The van der Waals surface area contributed by atoms with Gasteiger partial charge in [-0.3, -0.25) is 13.9 Å². The molecule has 8 heteroatoms. The standard InChI is InChI=1S/C24H33N3O4S/c1-4-5-17-25-24(29)20(2)26(18-16-21-12-8-6-9-13-21)23(28)19-27(32(3,30)31)22-14-10-7-11-15-22/h6-15,20H,4-5,16-19H2,1-3H3,(H,25,29)/t20-/m0/s1. The summed E-state index contributed by atoms with van der Waals surface area (Å²) in [5, 5.41) is 2.87. The minimum atomic E-state index is -3.69. The Morgan fingerprint density at radius 1 is 1.00 bits per heavy atom. The van der Waals surface area contributed by atoms with Gasteiger partial charge in [-0.2, -0.15) is 0 Å². The molecule has 0 aromatic heterocycles. The number of anilines is 1. The Labute approximate surface area is 191 Å². The zero-order valence-corrected chi connectivity index (χ0v) is 19.8. The zero-order valence-electron chi connectivity index (χ0n) is 19.0. The van der Waals surface area contributed by atoms with E-state index < -0.39 is 22.0 Å². The predicted octanol–water partition coefficient (Wildman–Crippen LogP) is 2.83. The number of para-hydroxylation sites is 1. The normalized spacial score (nSPS) is 12.1. The van der Waals surface area contributed by atoms with Crippen LogP contribution in [0.25, 0.3) is 0 Å². The lowest BCUT2D eigenvalue weighted by molar-refractivity contribution is -0.138. The maximum Gasteiger partial charge on any atom is 0.244 e. The predicted molar refractivity (Wildman–Crippen MR) is 128 cm³/mol. The highest BCUT2D eigenvalue weighted by Crippen LogP contribution is 2.17. The quantitative estimate of drug-likeness (QED) is 0.495. The molecule has 174 valence electrons. The van der Waals surface area contributed by atoms with Gasteiger partial charge in [-0.15, -0.1) is 0 Å². The Kier molecular flexibility index (Phi) is 9.71. The number of hydrogen-bond acceptors (Lipinski definition) is 4. The molecule has 0 heterocycles. The third-order valence-electron chi connectivity index (χ3n) is 5.20. The van der Waals surface area contributed by atoms with Crippen molar-refractivity contribution >= 4 is 27.5 Å². The highest BCUT2D eigenvalue weighted by Gasteiger charge is 2.29. The number of rotatable bonds is 12. The first-order chi connectivity index (χ1) is 15.2. The van der Waals surface area contributed by atoms with Crippen LogP contribution in [-0.4, -0.2) is 57.1 Å². The van der Waals surface area contributed by atoms with E-state index in [0.717, 1.165) is 29.0 Å². The molecule has 2 aromatic carbocycles. The highest BCUT2D eigenvalue weighted by molar-refractivity contribution is 7.92. The lowest BCUT2D eigenvalue weighted by atomic mass is 10.1. The van der Waals surface area contributed by atoms with Crippen molar-refractivity contribution in [2.75, 3.05) is 30.2 Å². The van der Waals surface area contributed by atoms with E-state index in [1.54, 1.807) is 37.3 Å². The maximum absolute atomic E-state index is 13.3. The molecule has 0 aliphatic rings. The summed E-state index contributed by atoms with van der Waals surface area (Å²) in [6.45, 7) is 4.19. The molecule has 0 aliphatic carbocycles. The summed E-state index contributed by atoms with van der Waals surface area (Å²) in [6, 6.07) is 17.5. The van der Waals surface area contributed by atoms with Crippen LogP contribution >= 0.6 is 0 Å². The fourth-order valence-electron chi connectivity index (χ4n) is 3.31. The minimum absolute atomic E-state index is 0.245. The van der Waals surface area contributed by atoms with E-state index in [-0.39, 0.29) is 12.5 Å². The van der Waals surface area contributed by atoms with Crippen molar-refractivity contribution in [3.8, 4) is 0 Å². The molecule has 0 spiro atoms. The summed E-state index contributed by atoms with van der Waals surface area (Å²) in [6.07, 6.45) is 3.43. The molecule has 0 fully saturated rings. The van der Waals surface area contributed by atoms with Gasteiger partial charge >= 0.3 is 0 Å². The molecular weight excluding hydrogens is 426 g/mol. The molecule has 32 heavy (non-hydrogen) atoms. The largest absolute Gasteiger partial charge is 0.354 e. The Hall–Kier alpha value is -2.87. The Morgan fingerprint density at radius 2 is 1.59 bits per heavy atom. The molecule has 0 aliphatic heterocycles. The van der Waals surface area contributed by atoms with Crippen LogP contribution < -0.4 is 9.62 Å². The molecule has 0 radical (unpaired) electrons. The summed E-state index contributed by atoms with van der Waals surface area (Å²) in [4.78, 5) is 27.5. The van der Waals surface area contributed by atoms with Crippen molar-refractivity contribution in [1.29, 1.82) is 0 Å². The molecule has 1 N–H and O–H groups in total. The fraction of sp³-hybridized carbons (Fsp3) is 0.417. The van der Waals surface area contributed by atoms with E-state index in [1.807, 2.05) is 37.3 Å². The van der Waals surface area contributed by atoms with Gasteiger partial charge in [0.25, 0.3) is 0 Å². The van der Waals surface area contributed by atoms with E-state index in [1.165, 1.54) is 4.90 Å². The van der Waals surface area contributed by atoms with Crippen molar-refractivity contribution in [2.24, 2.45) is 0 Å². The number of benzene rings is 2. The van der Waals surface area contributed by atoms with Crippen LogP contribution in [0.1, 0.15) is 32.3 Å². The number of unbranched alkanes of at least 4 members (excludes halogenated alkanes) is 1. The van der Waals surface area contributed by atoms with E-state index in [9.17, 15) is 18.0 Å². The number of nitrogens with zero attached hydrogens (tertiary/aromatic N) is 2. The van der Waals surface area contributed by atoms with Crippen molar-refractivity contribution < 1.29 is 18.0 Å². The topological polar surface area (TPSA) is 86.8 Å². The van der Waals surface area contributed by atoms with Gasteiger partial charge in [-0.05, 0) is 37.5 Å². The van der Waals surface area contributed by atoms with Gasteiger partial charge in [0.1, 0.15) is 12.6 Å². The Morgan fingerprint density at radius 3 is 2.16 bits per heavy atom. The maximum atomic E-state index is 13.3. The van der Waals surface area contributed by atoms with Gasteiger partial charge < -0.3 is 10.2 Å². The fourth-order valence-corrected chi connectivity index (χ4v) is 4.16. The molecule has 0 saturated heterocycles. The Balaban J connectivity index is 2.23. The highest BCUT2D eigenvalue weighted by atomic mass is 32.2. The van der Waals surface area contributed by atoms with Gasteiger partial charge in [-0.25, -0.2) is 8.42 Å². The number of sulfonamides is 1. The third-order valence-corrected chi connectivity index (χ3v) is 6.35. The van der Waals surface area contributed by atoms with Crippen LogP contribution in [0.15, 0.2) is 60.7 Å². The summed E-state index contributed by atoms with van der Waals surface area (Å²) in [5.41, 5.74) is 1.44. The van der Waals surface area contributed by atoms with Gasteiger partial charge in [0, 0.05) is 13.1 Å². The van der Waals surface area contributed by atoms with Crippen LogP contribution in [0.2, 0.25) is 0 Å². The second kappa shape index (κ2) is 12.2. The van der Waals surface area contributed by atoms with Crippen molar-refractivity contribution in [3.05, 3.63) is 66.2 Å². The second-order valence-electron chi connectivity index (χ2n) is 7.75. The number of nitrogens with one attached hydrogen (secondary N) is 1. The minimum Gasteiger partial charge on any atom is -0.354 e. The van der Waals surface area contributed by atoms with Crippen LogP contribution in [-0.2, 0) is 26.0 Å². The number of carbonyl (C=O) groups excluding carboxylic acids is 2. The molecule has 7 nitrogen and oxygen atoms in total. The van der Waals surface area contributed by atoms with Gasteiger partial charge in [-0.1, -0.05) is 61.9 Å². The molecule has 2 rings (SSSR count). The molecule has 2 amide bonds. The summed E-state index contributed by atoms with van der Waals surface area (Å²) in [5.74, 6) is -0.668. The average Bonchev–Trinajstić information content (AvgIpc) is 2.78. The first-order valence-corrected chi connectivity index (χ1v) is 12.7. The van der Waals surface area contributed by atoms with Crippen LogP contribution in [0.4, 0.5) is 5.69 Å². The van der Waals surface area contributed by atoms with Crippen molar-refractivity contribution in [3.63, 3.8) is 0 Å². The summed E-state index contributed by atoms with van der Waals surface area (Å²) < 4.78 is 25.9.